The molecule has 2 heterocycles. The molecule has 0 saturated carbocycles. The quantitative estimate of drug-likeness (QED) is 0.614. The van der Waals surface area contributed by atoms with Crippen molar-refractivity contribution in [1.29, 1.82) is 0 Å². The van der Waals surface area contributed by atoms with Crippen molar-refractivity contribution >= 4 is 24.3 Å². The van der Waals surface area contributed by atoms with E-state index in [-0.39, 0.29) is 0 Å². The molecule has 0 aliphatic carbocycles. The zero-order valence-electron chi connectivity index (χ0n) is 8.54. The zero-order valence-corrected chi connectivity index (χ0v) is 8.54. The molecule has 1 aromatic rings. The standard InChI is InChI=1S/C13H9N3/c1-2-4-15-12-6-10-8-14-9-11(10)7-13(12)16-5-3-1/h1-9H. The normalized spacial score (nSPS) is 15.5. The van der Waals surface area contributed by atoms with E-state index in [4.69, 9.17) is 0 Å². The molecule has 0 N–H and O–H groups in total. The Balaban J connectivity index is 2.32. The summed E-state index contributed by atoms with van der Waals surface area (Å²) in [6, 6.07) is 4.01. The highest BCUT2D eigenvalue weighted by Gasteiger charge is 2.02. The molecule has 0 spiro atoms. The Morgan fingerprint density at radius 2 is 2.00 bits per heavy atom. The molecule has 3 rings (SSSR count). The second kappa shape index (κ2) is 3.70. The van der Waals surface area contributed by atoms with E-state index in [1.165, 1.54) is 0 Å². The summed E-state index contributed by atoms with van der Waals surface area (Å²) in [6.45, 7) is 0. The summed E-state index contributed by atoms with van der Waals surface area (Å²) in [4.78, 5) is 12.8. The van der Waals surface area contributed by atoms with E-state index in [2.05, 4.69) is 15.0 Å². The Kier molecular flexibility index (Phi) is 2.07. The van der Waals surface area contributed by atoms with E-state index >= 15 is 0 Å². The van der Waals surface area contributed by atoms with Crippen LogP contribution in [0.15, 0.2) is 51.5 Å². The van der Waals surface area contributed by atoms with E-state index in [1.807, 2.05) is 42.8 Å². The number of nitrogens with zero attached hydrogens (tertiary/aromatic N) is 3. The van der Waals surface area contributed by atoms with Crippen LogP contribution in [0, 0.1) is 0 Å². The van der Waals surface area contributed by atoms with Gasteiger partial charge in [-0.1, -0.05) is 6.08 Å². The van der Waals surface area contributed by atoms with Gasteiger partial charge in [-0.3, -0.25) is 15.0 Å². The molecular formula is C13H9N3. The molecule has 0 aromatic heterocycles. The number of allylic oxidation sites excluding steroid dienone is 3. The van der Waals surface area contributed by atoms with Crippen molar-refractivity contribution in [3.8, 4) is 0 Å². The van der Waals surface area contributed by atoms with Crippen LogP contribution >= 0.6 is 0 Å². The average Bonchev–Trinajstić information content (AvgIpc) is 2.76. The number of aliphatic imine (C=N–C) groups is 2. The Morgan fingerprint density at radius 3 is 3.00 bits per heavy atom. The largest absolute Gasteiger partial charge is 0.263 e. The van der Waals surface area contributed by atoms with Gasteiger partial charge in [-0.15, -0.1) is 0 Å². The molecule has 0 saturated heterocycles. The Hall–Kier alpha value is -2.29. The van der Waals surface area contributed by atoms with Gasteiger partial charge in [0, 0.05) is 35.6 Å². The monoisotopic (exact) mass is 207 g/mol. The van der Waals surface area contributed by atoms with Crippen LogP contribution in [0.2, 0.25) is 0 Å². The minimum Gasteiger partial charge on any atom is -0.263 e. The molecule has 0 atom stereocenters. The summed E-state index contributed by atoms with van der Waals surface area (Å²) < 4.78 is 0. The first-order chi connectivity index (χ1) is 7.93. The lowest BCUT2D eigenvalue weighted by Gasteiger charge is -1.96. The van der Waals surface area contributed by atoms with E-state index in [1.54, 1.807) is 12.4 Å². The molecule has 2 aliphatic heterocycles. The minimum atomic E-state index is 0.872. The molecule has 0 bridgehead atoms. The lowest BCUT2D eigenvalue weighted by Crippen LogP contribution is -2.12. The molecule has 76 valence electrons. The summed E-state index contributed by atoms with van der Waals surface area (Å²) in [5, 5.41) is 1.97. The van der Waals surface area contributed by atoms with Crippen molar-refractivity contribution in [2.75, 3.05) is 0 Å². The SMILES string of the molecule is C1=CC=Nc2cc3c(cc2=NC=C1)C=NC=3. The summed E-state index contributed by atoms with van der Waals surface area (Å²) in [7, 11) is 0. The summed E-state index contributed by atoms with van der Waals surface area (Å²) in [5.41, 5.74) is 1.97. The summed E-state index contributed by atoms with van der Waals surface area (Å²) >= 11 is 0. The van der Waals surface area contributed by atoms with Crippen LogP contribution in [0.1, 0.15) is 5.56 Å². The fourth-order valence-corrected chi connectivity index (χ4v) is 1.65. The first-order valence-corrected chi connectivity index (χ1v) is 5.05. The lowest BCUT2D eigenvalue weighted by atomic mass is 10.2. The van der Waals surface area contributed by atoms with Gasteiger partial charge in [-0.05, 0) is 24.3 Å². The van der Waals surface area contributed by atoms with E-state index < -0.39 is 0 Å². The third-order valence-electron chi connectivity index (χ3n) is 2.43. The zero-order chi connectivity index (χ0) is 10.8. The molecule has 0 unspecified atom stereocenters. The van der Waals surface area contributed by atoms with Gasteiger partial charge in [0.05, 0.1) is 11.0 Å². The second-order valence-corrected chi connectivity index (χ2v) is 3.51. The molecule has 1 aromatic carbocycles. The third-order valence-corrected chi connectivity index (χ3v) is 2.43. The van der Waals surface area contributed by atoms with Crippen molar-refractivity contribution in [2.45, 2.75) is 0 Å². The van der Waals surface area contributed by atoms with Crippen molar-refractivity contribution < 1.29 is 0 Å². The maximum absolute atomic E-state index is 4.36. The highest BCUT2D eigenvalue weighted by Crippen LogP contribution is 2.04. The van der Waals surface area contributed by atoms with E-state index in [0.717, 1.165) is 21.8 Å². The average molecular weight is 207 g/mol. The molecule has 0 amide bonds. The first-order valence-electron chi connectivity index (χ1n) is 5.05. The third kappa shape index (κ3) is 1.52. The molecule has 0 radical (unpaired) electrons. The second-order valence-electron chi connectivity index (χ2n) is 3.51. The Bertz CT molecular complexity index is 661. The highest BCUT2D eigenvalue weighted by atomic mass is 14.8. The van der Waals surface area contributed by atoms with Crippen molar-refractivity contribution in [3.05, 3.63) is 52.7 Å². The first kappa shape index (κ1) is 8.97. The van der Waals surface area contributed by atoms with Crippen LogP contribution in [0.4, 0.5) is 5.69 Å². The van der Waals surface area contributed by atoms with E-state index in [9.17, 15) is 0 Å². The number of fused-ring (bicyclic) bond motifs is 2. The highest BCUT2D eigenvalue weighted by molar-refractivity contribution is 5.86. The molecule has 16 heavy (non-hydrogen) atoms. The van der Waals surface area contributed by atoms with Crippen LogP contribution in [0.5, 0.6) is 0 Å². The molecule has 3 nitrogen and oxygen atoms in total. The van der Waals surface area contributed by atoms with Crippen LogP contribution < -0.4 is 10.6 Å². The fraction of sp³-hybridized carbons (Fsp3) is 0. The molecular weight excluding hydrogens is 198 g/mol. The number of benzene rings is 1. The van der Waals surface area contributed by atoms with Gasteiger partial charge in [0.15, 0.2) is 0 Å². The topological polar surface area (TPSA) is 37.1 Å². The summed E-state index contributed by atoms with van der Waals surface area (Å²) in [5.74, 6) is 0. The van der Waals surface area contributed by atoms with Crippen LogP contribution in [0.3, 0.4) is 0 Å². The number of hydrogen-bond acceptors (Lipinski definition) is 3. The smallest absolute Gasteiger partial charge is 0.0893 e. The Morgan fingerprint density at radius 1 is 1.00 bits per heavy atom. The van der Waals surface area contributed by atoms with Gasteiger partial charge in [0.1, 0.15) is 0 Å². The minimum absolute atomic E-state index is 0.872. The van der Waals surface area contributed by atoms with Crippen LogP contribution in [-0.2, 0) is 0 Å². The summed E-state index contributed by atoms with van der Waals surface area (Å²) in [6.07, 6.45) is 12.9. The molecule has 3 heteroatoms. The fourth-order valence-electron chi connectivity index (χ4n) is 1.65. The van der Waals surface area contributed by atoms with Gasteiger partial charge in [-0.25, -0.2) is 0 Å². The maximum atomic E-state index is 4.36. The maximum Gasteiger partial charge on any atom is 0.0893 e. The van der Waals surface area contributed by atoms with Gasteiger partial charge in [0.25, 0.3) is 0 Å². The van der Waals surface area contributed by atoms with E-state index in [0.29, 0.717) is 0 Å². The number of rotatable bonds is 0. The van der Waals surface area contributed by atoms with Crippen molar-refractivity contribution in [3.63, 3.8) is 0 Å². The predicted octanol–water partition coefficient (Wildman–Crippen LogP) is 1.26. The van der Waals surface area contributed by atoms with Crippen molar-refractivity contribution in [2.24, 2.45) is 15.0 Å². The van der Waals surface area contributed by atoms with Crippen molar-refractivity contribution in [1.82, 2.24) is 0 Å². The van der Waals surface area contributed by atoms with Gasteiger partial charge in [0.2, 0.25) is 0 Å². The molecule has 2 aliphatic rings. The lowest BCUT2D eigenvalue weighted by molar-refractivity contribution is 1.30. The van der Waals surface area contributed by atoms with Crippen LogP contribution in [-0.4, -0.2) is 12.4 Å². The van der Waals surface area contributed by atoms with Gasteiger partial charge in [-0.2, -0.15) is 0 Å². The van der Waals surface area contributed by atoms with Gasteiger partial charge < -0.3 is 0 Å². The predicted molar refractivity (Wildman–Crippen MR) is 65.7 cm³/mol. The number of hydrogen-bond donors (Lipinski definition) is 0. The Labute approximate surface area is 92.6 Å². The van der Waals surface area contributed by atoms with Crippen LogP contribution in [0.25, 0.3) is 6.20 Å². The van der Waals surface area contributed by atoms with Gasteiger partial charge >= 0.3 is 0 Å². The molecule has 0 fully saturated rings.